The van der Waals surface area contributed by atoms with Crippen molar-refractivity contribution in [3.05, 3.63) is 71.5 Å². The van der Waals surface area contributed by atoms with Gasteiger partial charge in [0, 0.05) is 41.4 Å². The average Bonchev–Trinajstić information content (AvgIpc) is 3.03. The molecular weight excluding hydrogens is 344 g/mol. The zero-order valence-corrected chi connectivity index (χ0v) is 14.8. The molecule has 3 aromatic rings. The Labute approximate surface area is 156 Å². The Morgan fingerprint density at radius 3 is 2.78 bits per heavy atom. The summed E-state index contributed by atoms with van der Waals surface area (Å²) in [5.41, 5.74) is 4.23. The summed E-state index contributed by atoms with van der Waals surface area (Å²) in [6, 6.07) is 16.3. The maximum Gasteiger partial charge on any atom is 0.248 e. The predicted molar refractivity (Wildman–Crippen MR) is 103 cm³/mol. The van der Waals surface area contributed by atoms with Gasteiger partial charge in [-0.15, -0.1) is 0 Å². The number of benzene rings is 2. The SMILES string of the molecule is FC1(F)CC(Cc2nccc3cc(NC4=NCc5ccccc54)ccc23)C1. The van der Waals surface area contributed by atoms with Gasteiger partial charge in [0.1, 0.15) is 5.84 Å². The first-order valence-corrected chi connectivity index (χ1v) is 9.23. The largest absolute Gasteiger partial charge is 0.340 e. The molecule has 5 heteroatoms. The van der Waals surface area contributed by atoms with Crippen LogP contribution >= 0.6 is 0 Å². The van der Waals surface area contributed by atoms with Crippen LogP contribution in [0.3, 0.4) is 0 Å². The maximum absolute atomic E-state index is 13.1. The minimum absolute atomic E-state index is 0.0239. The number of aliphatic imine (C=N–C) groups is 1. The summed E-state index contributed by atoms with van der Waals surface area (Å²) >= 11 is 0. The molecule has 2 aromatic carbocycles. The van der Waals surface area contributed by atoms with Crippen LogP contribution in [0.4, 0.5) is 14.5 Å². The van der Waals surface area contributed by atoms with Gasteiger partial charge in [0.25, 0.3) is 0 Å². The number of nitrogens with zero attached hydrogens (tertiary/aromatic N) is 2. The Hall–Kier alpha value is -2.82. The molecule has 0 spiro atoms. The third-order valence-electron chi connectivity index (χ3n) is 5.45. The quantitative estimate of drug-likeness (QED) is 0.695. The molecule has 0 saturated heterocycles. The topological polar surface area (TPSA) is 37.3 Å². The van der Waals surface area contributed by atoms with Crippen molar-refractivity contribution in [1.82, 2.24) is 4.98 Å². The van der Waals surface area contributed by atoms with Crippen LogP contribution in [-0.4, -0.2) is 16.7 Å². The molecule has 2 heterocycles. The van der Waals surface area contributed by atoms with Crippen molar-refractivity contribution < 1.29 is 8.78 Å². The van der Waals surface area contributed by atoms with E-state index in [1.54, 1.807) is 6.20 Å². The van der Waals surface area contributed by atoms with Crippen LogP contribution in [0.2, 0.25) is 0 Å². The van der Waals surface area contributed by atoms with Crippen molar-refractivity contribution in [2.24, 2.45) is 10.9 Å². The molecule has 0 unspecified atom stereocenters. The van der Waals surface area contributed by atoms with Crippen LogP contribution in [0.25, 0.3) is 10.8 Å². The maximum atomic E-state index is 13.1. The van der Waals surface area contributed by atoms with Crippen LogP contribution in [0, 0.1) is 5.92 Å². The third kappa shape index (κ3) is 3.07. The van der Waals surface area contributed by atoms with E-state index in [1.165, 1.54) is 5.56 Å². The smallest absolute Gasteiger partial charge is 0.248 e. The van der Waals surface area contributed by atoms with Crippen molar-refractivity contribution in [3.63, 3.8) is 0 Å². The van der Waals surface area contributed by atoms with Crippen molar-refractivity contribution in [2.75, 3.05) is 5.32 Å². The first-order chi connectivity index (χ1) is 13.1. The van der Waals surface area contributed by atoms with Gasteiger partial charge in [0.15, 0.2) is 0 Å². The molecule has 5 rings (SSSR count). The highest BCUT2D eigenvalue weighted by Crippen LogP contribution is 2.44. The fraction of sp³-hybridized carbons (Fsp3) is 0.273. The van der Waals surface area contributed by atoms with E-state index in [0.29, 0.717) is 13.0 Å². The minimum Gasteiger partial charge on any atom is -0.340 e. The van der Waals surface area contributed by atoms with E-state index in [9.17, 15) is 8.78 Å². The number of pyridine rings is 1. The van der Waals surface area contributed by atoms with E-state index in [1.807, 2.05) is 30.3 Å². The Balaban J connectivity index is 1.39. The molecular formula is C22H19F2N3. The number of amidine groups is 1. The number of fused-ring (bicyclic) bond motifs is 2. The fourth-order valence-corrected chi connectivity index (χ4v) is 4.07. The van der Waals surface area contributed by atoms with Crippen molar-refractivity contribution in [2.45, 2.75) is 31.7 Å². The van der Waals surface area contributed by atoms with Crippen LogP contribution < -0.4 is 5.32 Å². The average molecular weight is 363 g/mol. The second-order valence-corrected chi connectivity index (χ2v) is 7.47. The molecule has 1 fully saturated rings. The lowest BCUT2D eigenvalue weighted by Crippen LogP contribution is -2.36. The summed E-state index contributed by atoms with van der Waals surface area (Å²) < 4.78 is 26.2. The number of nitrogens with one attached hydrogen (secondary N) is 1. The standard InChI is InChI=1S/C22H19F2N3/c23-22(24)11-14(12-22)9-20-18-6-5-17(10-15(18)7-8-25-20)27-21-19-4-2-1-3-16(19)13-26-21/h1-8,10,14H,9,11-13H2,(H,26,27). The molecule has 2 aliphatic rings. The lowest BCUT2D eigenvalue weighted by molar-refractivity contribution is -0.109. The Morgan fingerprint density at radius 2 is 1.93 bits per heavy atom. The van der Waals surface area contributed by atoms with Gasteiger partial charge in [0.2, 0.25) is 5.92 Å². The highest BCUT2D eigenvalue weighted by atomic mass is 19.3. The van der Waals surface area contributed by atoms with Gasteiger partial charge in [-0.25, -0.2) is 8.78 Å². The number of anilines is 1. The second-order valence-electron chi connectivity index (χ2n) is 7.47. The van der Waals surface area contributed by atoms with E-state index in [0.717, 1.165) is 33.6 Å². The molecule has 1 N–H and O–H groups in total. The van der Waals surface area contributed by atoms with Gasteiger partial charge in [-0.1, -0.05) is 30.3 Å². The van der Waals surface area contributed by atoms with Crippen LogP contribution in [-0.2, 0) is 13.0 Å². The lowest BCUT2D eigenvalue weighted by atomic mass is 9.78. The number of aromatic nitrogens is 1. The Bertz CT molecular complexity index is 1050. The molecule has 0 bridgehead atoms. The molecule has 1 aliphatic carbocycles. The highest BCUT2D eigenvalue weighted by Gasteiger charge is 2.45. The predicted octanol–water partition coefficient (Wildman–Crippen LogP) is 5.19. The number of rotatable bonds is 3. The van der Waals surface area contributed by atoms with Crippen LogP contribution in [0.1, 0.15) is 29.7 Å². The van der Waals surface area contributed by atoms with E-state index in [-0.39, 0.29) is 18.8 Å². The van der Waals surface area contributed by atoms with Crippen molar-refractivity contribution >= 4 is 22.3 Å². The molecule has 0 radical (unpaired) electrons. The molecule has 1 saturated carbocycles. The van der Waals surface area contributed by atoms with E-state index in [2.05, 4.69) is 33.5 Å². The summed E-state index contributed by atoms with van der Waals surface area (Å²) in [6.07, 6.45) is 2.33. The van der Waals surface area contributed by atoms with Crippen molar-refractivity contribution in [3.8, 4) is 0 Å². The van der Waals surface area contributed by atoms with E-state index in [4.69, 9.17) is 0 Å². The van der Waals surface area contributed by atoms with Crippen LogP contribution in [0.15, 0.2) is 59.7 Å². The minimum atomic E-state index is -2.48. The highest BCUT2D eigenvalue weighted by molar-refractivity contribution is 6.11. The molecule has 3 nitrogen and oxygen atoms in total. The van der Waals surface area contributed by atoms with Gasteiger partial charge in [-0.2, -0.15) is 0 Å². The molecule has 0 amide bonds. The van der Waals surface area contributed by atoms with Crippen LogP contribution in [0.5, 0.6) is 0 Å². The Morgan fingerprint density at radius 1 is 1.07 bits per heavy atom. The summed E-state index contributed by atoms with van der Waals surface area (Å²) in [7, 11) is 0. The number of hydrogen-bond donors (Lipinski definition) is 1. The lowest BCUT2D eigenvalue weighted by Gasteiger charge is -2.34. The molecule has 0 atom stereocenters. The number of halogens is 2. The molecule has 1 aliphatic heterocycles. The zero-order valence-electron chi connectivity index (χ0n) is 14.8. The monoisotopic (exact) mass is 363 g/mol. The van der Waals surface area contributed by atoms with E-state index >= 15 is 0 Å². The second kappa shape index (κ2) is 6.12. The van der Waals surface area contributed by atoms with Crippen molar-refractivity contribution in [1.29, 1.82) is 0 Å². The van der Waals surface area contributed by atoms with Gasteiger partial charge in [-0.05, 0) is 41.5 Å². The number of hydrogen-bond acceptors (Lipinski definition) is 3. The first-order valence-electron chi connectivity index (χ1n) is 9.23. The van der Waals surface area contributed by atoms with Gasteiger partial charge in [0.05, 0.1) is 6.54 Å². The molecule has 136 valence electrons. The zero-order chi connectivity index (χ0) is 18.4. The van der Waals surface area contributed by atoms with Gasteiger partial charge >= 0.3 is 0 Å². The van der Waals surface area contributed by atoms with Gasteiger partial charge in [-0.3, -0.25) is 9.98 Å². The van der Waals surface area contributed by atoms with E-state index < -0.39 is 5.92 Å². The first kappa shape index (κ1) is 16.4. The fourth-order valence-electron chi connectivity index (χ4n) is 4.07. The Kier molecular flexibility index (Phi) is 3.71. The molecule has 1 aromatic heterocycles. The summed E-state index contributed by atoms with van der Waals surface area (Å²) in [5, 5.41) is 5.51. The van der Waals surface area contributed by atoms with Gasteiger partial charge < -0.3 is 5.32 Å². The third-order valence-corrected chi connectivity index (χ3v) is 5.45. The summed E-state index contributed by atoms with van der Waals surface area (Å²) in [4.78, 5) is 9.04. The number of alkyl halides is 2. The normalized spacial score (nSPS) is 18.1. The summed E-state index contributed by atoms with van der Waals surface area (Å²) in [5.74, 6) is -1.57. The summed E-state index contributed by atoms with van der Waals surface area (Å²) in [6.45, 7) is 0.701. The molecule has 27 heavy (non-hydrogen) atoms.